The van der Waals surface area contributed by atoms with Crippen LogP contribution in [0.3, 0.4) is 0 Å². The van der Waals surface area contributed by atoms with E-state index >= 15 is 0 Å². The van der Waals surface area contributed by atoms with Crippen LogP contribution in [0, 0.1) is 0 Å². The quantitative estimate of drug-likeness (QED) is 0.926. The zero-order valence-corrected chi connectivity index (χ0v) is 12.2. The number of hydrogen-bond donors (Lipinski definition) is 1. The van der Waals surface area contributed by atoms with Crippen LogP contribution in [-0.4, -0.2) is 33.3 Å². The van der Waals surface area contributed by atoms with Gasteiger partial charge in [-0.05, 0) is 30.3 Å². The van der Waals surface area contributed by atoms with Crippen molar-refractivity contribution in [1.82, 2.24) is 0 Å². The van der Waals surface area contributed by atoms with E-state index in [2.05, 4.69) is 26.9 Å². The molecule has 2 heterocycles. The minimum atomic E-state index is 0.760. The van der Waals surface area contributed by atoms with Crippen LogP contribution in [0.25, 0.3) is 0 Å². The standard InChI is InChI=1S/C16H20N4O/c1-21-15-5-3-14(4-6-15)19-8-10-20(11-9-19)16-7-2-13(17)12-18-16/h2-7,12H,8-11,17H2,1H3/p+1. The number of aromatic amines is 1. The largest absolute Gasteiger partial charge is 0.497 e. The number of hydrogen-bond acceptors (Lipinski definition) is 4. The third-order valence-corrected chi connectivity index (χ3v) is 3.88. The molecule has 5 heteroatoms. The molecule has 2 aromatic rings. The molecule has 0 bridgehead atoms. The highest BCUT2D eigenvalue weighted by Gasteiger charge is 2.23. The molecule has 5 nitrogen and oxygen atoms in total. The topological polar surface area (TPSA) is 55.9 Å². The van der Waals surface area contributed by atoms with Gasteiger partial charge in [-0.25, -0.2) is 4.98 Å². The number of ether oxygens (including phenoxy) is 1. The molecule has 21 heavy (non-hydrogen) atoms. The Kier molecular flexibility index (Phi) is 3.81. The summed E-state index contributed by atoms with van der Waals surface area (Å²) in [5, 5.41) is 0. The molecular formula is C16H21N4O+. The van der Waals surface area contributed by atoms with Crippen LogP contribution >= 0.6 is 0 Å². The monoisotopic (exact) mass is 285 g/mol. The molecule has 0 aliphatic carbocycles. The lowest BCUT2D eigenvalue weighted by Crippen LogP contribution is -2.48. The summed E-state index contributed by atoms with van der Waals surface area (Å²) in [6.45, 7) is 3.99. The van der Waals surface area contributed by atoms with Gasteiger partial charge in [0, 0.05) is 11.8 Å². The highest BCUT2D eigenvalue weighted by Crippen LogP contribution is 2.21. The zero-order chi connectivity index (χ0) is 14.7. The summed E-state index contributed by atoms with van der Waals surface area (Å²) in [6.07, 6.45) is 1.84. The second kappa shape index (κ2) is 5.91. The van der Waals surface area contributed by atoms with Gasteiger partial charge < -0.3 is 15.4 Å². The molecular weight excluding hydrogens is 264 g/mol. The first-order valence-electron chi connectivity index (χ1n) is 7.17. The maximum absolute atomic E-state index is 5.71. The van der Waals surface area contributed by atoms with Gasteiger partial charge in [0.15, 0.2) is 0 Å². The molecule has 3 rings (SSSR count). The lowest BCUT2D eigenvalue weighted by atomic mass is 10.2. The molecule has 1 saturated heterocycles. The van der Waals surface area contributed by atoms with E-state index in [0.29, 0.717) is 0 Å². The van der Waals surface area contributed by atoms with Crippen LogP contribution in [0.15, 0.2) is 42.6 Å². The third kappa shape index (κ3) is 3.02. The van der Waals surface area contributed by atoms with E-state index in [1.54, 1.807) is 7.11 Å². The van der Waals surface area contributed by atoms with E-state index in [1.165, 1.54) is 5.69 Å². The van der Waals surface area contributed by atoms with Gasteiger partial charge in [-0.2, -0.15) is 0 Å². The Hall–Kier alpha value is -2.43. The molecule has 0 saturated carbocycles. The highest BCUT2D eigenvalue weighted by molar-refractivity contribution is 5.51. The second-order valence-corrected chi connectivity index (χ2v) is 5.18. The number of nitrogens with one attached hydrogen (secondary N) is 1. The smallest absolute Gasteiger partial charge is 0.274 e. The summed E-state index contributed by atoms with van der Waals surface area (Å²) in [4.78, 5) is 7.98. The van der Waals surface area contributed by atoms with Gasteiger partial charge in [-0.3, -0.25) is 4.90 Å². The van der Waals surface area contributed by atoms with Crippen LogP contribution in [0.4, 0.5) is 17.2 Å². The summed E-state index contributed by atoms with van der Waals surface area (Å²) >= 11 is 0. The third-order valence-electron chi connectivity index (χ3n) is 3.88. The average Bonchev–Trinajstić information content (AvgIpc) is 2.56. The van der Waals surface area contributed by atoms with Crippen LogP contribution in [-0.2, 0) is 0 Å². The van der Waals surface area contributed by atoms with Crippen LogP contribution in [0.1, 0.15) is 0 Å². The van der Waals surface area contributed by atoms with Crippen molar-refractivity contribution < 1.29 is 9.72 Å². The Labute approximate surface area is 125 Å². The maximum Gasteiger partial charge on any atom is 0.274 e. The minimum Gasteiger partial charge on any atom is -0.497 e. The summed E-state index contributed by atoms with van der Waals surface area (Å²) in [5.74, 6) is 2.02. The first kappa shape index (κ1) is 13.5. The predicted octanol–water partition coefficient (Wildman–Crippen LogP) is 1.42. The van der Waals surface area contributed by atoms with Crippen molar-refractivity contribution in [2.24, 2.45) is 0 Å². The van der Waals surface area contributed by atoms with Crippen molar-refractivity contribution in [2.75, 3.05) is 48.8 Å². The summed E-state index contributed by atoms with van der Waals surface area (Å²) in [7, 11) is 1.69. The number of rotatable bonds is 3. The minimum absolute atomic E-state index is 0.760. The van der Waals surface area contributed by atoms with Crippen LogP contribution in [0.5, 0.6) is 5.75 Å². The number of anilines is 3. The fourth-order valence-corrected chi connectivity index (χ4v) is 2.62. The van der Waals surface area contributed by atoms with Crippen LogP contribution in [0.2, 0.25) is 0 Å². The Morgan fingerprint density at radius 3 is 2.19 bits per heavy atom. The first-order chi connectivity index (χ1) is 10.3. The van der Waals surface area contributed by atoms with Gasteiger partial charge in [0.1, 0.15) is 25.0 Å². The number of aromatic nitrogens is 1. The van der Waals surface area contributed by atoms with Crippen molar-refractivity contribution in [3.63, 3.8) is 0 Å². The summed E-state index contributed by atoms with van der Waals surface area (Å²) in [5.41, 5.74) is 7.72. The first-order valence-corrected chi connectivity index (χ1v) is 7.17. The molecule has 1 aliphatic rings. The van der Waals surface area contributed by atoms with Crippen molar-refractivity contribution in [3.05, 3.63) is 42.6 Å². The number of nitrogens with two attached hydrogens (primary N) is 1. The number of H-pyrrole nitrogens is 1. The zero-order valence-electron chi connectivity index (χ0n) is 12.2. The predicted molar refractivity (Wildman–Crippen MR) is 84.8 cm³/mol. The SMILES string of the molecule is COc1ccc(N2CCN(c3ccc(N)c[nH+]3)CC2)cc1. The normalized spacial score (nSPS) is 15.1. The number of piperazine rings is 1. The number of pyridine rings is 1. The molecule has 0 spiro atoms. The number of nitrogens with zero attached hydrogens (tertiary/aromatic N) is 2. The van der Waals surface area contributed by atoms with E-state index < -0.39 is 0 Å². The van der Waals surface area contributed by atoms with E-state index in [-0.39, 0.29) is 0 Å². The van der Waals surface area contributed by atoms with Crippen molar-refractivity contribution >= 4 is 17.2 Å². The number of methoxy groups -OCH3 is 1. The Balaban J connectivity index is 1.62. The average molecular weight is 285 g/mol. The van der Waals surface area contributed by atoms with E-state index in [0.717, 1.165) is 43.4 Å². The lowest BCUT2D eigenvalue weighted by molar-refractivity contribution is -0.363. The Bertz CT molecular complexity index is 574. The van der Waals surface area contributed by atoms with Crippen molar-refractivity contribution in [3.8, 4) is 5.75 Å². The molecule has 1 aromatic carbocycles. The Morgan fingerprint density at radius 2 is 1.62 bits per heavy atom. The van der Waals surface area contributed by atoms with E-state index in [9.17, 15) is 0 Å². The number of benzene rings is 1. The van der Waals surface area contributed by atoms with Crippen molar-refractivity contribution in [1.29, 1.82) is 0 Å². The van der Waals surface area contributed by atoms with E-state index in [4.69, 9.17) is 10.5 Å². The highest BCUT2D eigenvalue weighted by atomic mass is 16.5. The molecule has 3 N–H and O–H groups in total. The molecule has 110 valence electrons. The lowest BCUT2D eigenvalue weighted by Gasteiger charge is -2.32. The Morgan fingerprint density at radius 1 is 0.952 bits per heavy atom. The van der Waals surface area contributed by atoms with Gasteiger partial charge in [-0.15, -0.1) is 0 Å². The molecule has 1 aromatic heterocycles. The van der Waals surface area contributed by atoms with Crippen LogP contribution < -0.4 is 25.3 Å². The van der Waals surface area contributed by atoms with Gasteiger partial charge >= 0.3 is 0 Å². The van der Waals surface area contributed by atoms with Gasteiger partial charge in [0.2, 0.25) is 0 Å². The molecule has 0 unspecified atom stereocenters. The second-order valence-electron chi connectivity index (χ2n) is 5.18. The molecule has 1 aliphatic heterocycles. The van der Waals surface area contributed by atoms with Gasteiger partial charge in [0.25, 0.3) is 5.82 Å². The molecule has 1 fully saturated rings. The molecule has 0 amide bonds. The maximum atomic E-state index is 5.71. The molecule has 0 radical (unpaired) electrons. The fourth-order valence-electron chi connectivity index (χ4n) is 2.62. The number of nitrogen functional groups attached to an aromatic ring is 1. The molecule has 0 atom stereocenters. The van der Waals surface area contributed by atoms with Gasteiger partial charge in [0.05, 0.1) is 25.9 Å². The van der Waals surface area contributed by atoms with E-state index in [1.807, 2.05) is 30.5 Å². The summed E-state index contributed by atoms with van der Waals surface area (Å²) < 4.78 is 5.20. The van der Waals surface area contributed by atoms with Crippen molar-refractivity contribution in [2.45, 2.75) is 0 Å². The summed E-state index contributed by atoms with van der Waals surface area (Å²) in [6, 6.07) is 12.2. The fraction of sp³-hybridized carbons (Fsp3) is 0.312. The van der Waals surface area contributed by atoms with Gasteiger partial charge in [-0.1, -0.05) is 0 Å².